The smallest absolute Gasteiger partial charge is 0.219 e. The van der Waals surface area contributed by atoms with Crippen molar-refractivity contribution in [2.45, 2.75) is 24.4 Å². The quantitative estimate of drug-likeness (QED) is 0.581. The van der Waals surface area contributed by atoms with E-state index in [2.05, 4.69) is 9.71 Å². The van der Waals surface area contributed by atoms with E-state index in [9.17, 15) is 8.42 Å². The fourth-order valence-electron chi connectivity index (χ4n) is 3.58. The van der Waals surface area contributed by atoms with Gasteiger partial charge in [0.25, 0.3) is 0 Å². The van der Waals surface area contributed by atoms with Gasteiger partial charge >= 0.3 is 0 Å². The maximum Gasteiger partial charge on any atom is 0.219 e. The molecule has 7 nitrogen and oxygen atoms in total. The molecule has 0 amide bonds. The molecular weight excluding hydrogens is 414 g/mol. The molecule has 0 aliphatic carbocycles. The van der Waals surface area contributed by atoms with Crippen LogP contribution in [0.25, 0.3) is 0 Å². The van der Waals surface area contributed by atoms with Crippen LogP contribution in [0.5, 0.6) is 5.75 Å². The van der Waals surface area contributed by atoms with Gasteiger partial charge in [0.2, 0.25) is 10.0 Å². The summed E-state index contributed by atoms with van der Waals surface area (Å²) in [7, 11) is -1.87. The van der Waals surface area contributed by atoms with Crippen LogP contribution in [0.2, 0.25) is 0 Å². The number of nitrogens with one attached hydrogen (secondary N) is 1. The number of rotatable bonds is 8. The molecule has 162 valence electrons. The molecule has 0 spiro atoms. The summed E-state index contributed by atoms with van der Waals surface area (Å²) in [6.45, 7) is 0.757. The molecule has 1 aliphatic heterocycles. The summed E-state index contributed by atoms with van der Waals surface area (Å²) in [4.78, 5) is 9.60. The lowest BCUT2D eigenvalue weighted by Crippen LogP contribution is -2.39. The first-order valence-electron chi connectivity index (χ1n) is 10.0. The van der Waals surface area contributed by atoms with Crippen molar-refractivity contribution < 1.29 is 18.0 Å². The predicted octanol–water partition coefficient (Wildman–Crippen LogP) is 3.07. The van der Waals surface area contributed by atoms with Crippen molar-refractivity contribution in [2.24, 2.45) is 0 Å². The minimum absolute atomic E-state index is 0.0931. The van der Waals surface area contributed by atoms with Crippen molar-refractivity contribution >= 4 is 10.0 Å². The zero-order valence-corrected chi connectivity index (χ0v) is 18.0. The monoisotopic (exact) mass is 439 g/mol. The molecule has 2 atom stereocenters. The van der Waals surface area contributed by atoms with Gasteiger partial charge in [0.05, 0.1) is 12.6 Å². The number of hydrogen-bond acceptors (Lipinski definition) is 6. The third-order valence-electron chi connectivity index (χ3n) is 5.26. The summed E-state index contributed by atoms with van der Waals surface area (Å²) in [5.74, 6) is 0.725. The molecule has 1 aromatic heterocycles. The SMILES string of the molecule is CN1OC[C@@H](S(=O)(=O)NCc2cccnc2)[C@H]1c1ccc(OCc2ccccc2)cc1. The molecule has 0 bridgehead atoms. The highest BCUT2D eigenvalue weighted by atomic mass is 32.2. The van der Waals surface area contributed by atoms with E-state index in [1.54, 1.807) is 30.6 Å². The maximum atomic E-state index is 13.0. The van der Waals surface area contributed by atoms with Gasteiger partial charge in [-0.25, -0.2) is 13.1 Å². The van der Waals surface area contributed by atoms with Crippen LogP contribution in [0.4, 0.5) is 0 Å². The highest BCUT2D eigenvalue weighted by Gasteiger charge is 2.43. The molecule has 0 unspecified atom stereocenters. The second kappa shape index (κ2) is 9.57. The number of pyridine rings is 1. The second-order valence-electron chi connectivity index (χ2n) is 7.40. The Balaban J connectivity index is 1.44. The van der Waals surface area contributed by atoms with Crippen molar-refractivity contribution in [3.8, 4) is 5.75 Å². The number of sulfonamides is 1. The van der Waals surface area contributed by atoms with Crippen molar-refractivity contribution in [2.75, 3.05) is 13.7 Å². The summed E-state index contributed by atoms with van der Waals surface area (Å²) in [5.41, 5.74) is 2.74. The second-order valence-corrected chi connectivity index (χ2v) is 9.38. The van der Waals surface area contributed by atoms with Crippen LogP contribution in [0.3, 0.4) is 0 Å². The Morgan fingerprint density at radius 2 is 1.81 bits per heavy atom. The molecule has 0 saturated carbocycles. The topological polar surface area (TPSA) is 80.8 Å². The number of hydrogen-bond donors (Lipinski definition) is 1. The van der Waals surface area contributed by atoms with E-state index < -0.39 is 21.3 Å². The minimum Gasteiger partial charge on any atom is -0.489 e. The fraction of sp³-hybridized carbons (Fsp3) is 0.261. The number of ether oxygens (including phenoxy) is 1. The van der Waals surface area contributed by atoms with Crippen molar-refractivity contribution in [3.05, 3.63) is 95.8 Å². The van der Waals surface area contributed by atoms with E-state index in [4.69, 9.17) is 9.57 Å². The van der Waals surface area contributed by atoms with Crippen LogP contribution in [0.15, 0.2) is 79.1 Å². The number of benzene rings is 2. The van der Waals surface area contributed by atoms with Gasteiger partial charge in [-0.15, -0.1) is 0 Å². The van der Waals surface area contributed by atoms with Gasteiger partial charge in [-0.05, 0) is 34.9 Å². The van der Waals surface area contributed by atoms with Crippen LogP contribution >= 0.6 is 0 Å². The number of aromatic nitrogens is 1. The van der Waals surface area contributed by atoms with Crippen molar-refractivity contribution in [3.63, 3.8) is 0 Å². The lowest BCUT2D eigenvalue weighted by Gasteiger charge is -2.23. The van der Waals surface area contributed by atoms with Crippen molar-refractivity contribution in [1.29, 1.82) is 0 Å². The Hall–Kier alpha value is -2.78. The summed E-state index contributed by atoms with van der Waals surface area (Å²) in [5, 5.41) is 0.874. The molecule has 4 rings (SSSR count). The molecule has 1 aliphatic rings. The Morgan fingerprint density at radius 3 is 2.52 bits per heavy atom. The van der Waals surface area contributed by atoms with Crippen LogP contribution in [0.1, 0.15) is 22.7 Å². The van der Waals surface area contributed by atoms with Gasteiger partial charge in [-0.2, -0.15) is 5.06 Å². The van der Waals surface area contributed by atoms with Crippen LogP contribution in [-0.2, 0) is 28.0 Å². The molecule has 0 radical (unpaired) electrons. The van der Waals surface area contributed by atoms with Gasteiger partial charge in [-0.1, -0.05) is 48.5 Å². The molecule has 1 fully saturated rings. The van der Waals surface area contributed by atoms with Crippen molar-refractivity contribution in [1.82, 2.24) is 14.8 Å². The van der Waals surface area contributed by atoms with Gasteiger partial charge in [-0.3, -0.25) is 9.82 Å². The molecule has 31 heavy (non-hydrogen) atoms. The third-order valence-corrected chi connectivity index (χ3v) is 6.99. The molecule has 3 aromatic rings. The van der Waals surface area contributed by atoms with Gasteiger partial charge in [0.15, 0.2) is 0 Å². The third kappa shape index (κ3) is 5.29. The highest BCUT2D eigenvalue weighted by Crippen LogP contribution is 2.34. The molecule has 2 aromatic carbocycles. The van der Waals surface area contributed by atoms with Crippen LogP contribution in [0, 0.1) is 0 Å². The highest BCUT2D eigenvalue weighted by molar-refractivity contribution is 7.90. The first kappa shape index (κ1) is 21.5. The molecule has 1 N–H and O–H groups in total. The molecular formula is C23H25N3O4S. The van der Waals surface area contributed by atoms with E-state index in [-0.39, 0.29) is 13.2 Å². The summed E-state index contributed by atoms with van der Waals surface area (Å²) >= 11 is 0. The lowest BCUT2D eigenvalue weighted by molar-refractivity contribution is -0.110. The lowest BCUT2D eigenvalue weighted by atomic mass is 10.0. The van der Waals surface area contributed by atoms with E-state index in [1.165, 1.54) is 0 Å². The zero-order chi connectivity index (χ0) is 21.7. The van der Waals surface area contributed by atoms with E-state index in [0.29, 0.717) is 6.61 Å². The zero-order valence-electron chi connectivity index (χ0n) is 17.2. The van der Waals surface area contributed by atoms with Crippen LogP contribution in [-0.4, -0.2) is 37.4 Å². The Morgan fingerprint density at radius 1 is 1.06 bits per heavy atom. The van der Waals surface area contributed by atoms with E-state index in [0.717, 1.165) is 22.4 Å². The standard InChI is InChI=1S/C23H25N3O4S/c1-26-23(20-9-11-21(12-10-20)29-16-18-6-3-2-4-7-18)22(17-30-26)31(27,28)25-15-19-8-5-13-24-14-19/h2-14,22-23,25H,15-17H2,1H3/t22-,23-/m1/s1. The Labute approximate surface area is 182 Å². The fourth-order valence-corrected chi connectivity index (χ4v) is 5.07. The van der Waals surface area contributed by atoms with E-state index >= 15 is 0 Å². The van der Waals surface area contributed by atoms with Crippen LogP contribution < -0.4 is 9.46 Å². The number of nitrogens with zero attached hydrogens (tertiary/aromatic N) is 2. The number of hydroxylamine groups is 2. The molecule has 8 heteroatoms. The minimum atomic E-state index is -3.62. The largest absolute Gasteiger partial charge is 0.489 e. The van der Waals surface area contributed by atoms with Gasteiger partial charge in [0, 0.05) is 26.0 Å². The van der Waals surface area contributed by atoms with Gasteiger partial charge in [0.1, 0.15) is 17.6 Å². The summed E-state index contributed by atoms with van der Waals surface area (Å²) in [6.07, 6.45) is 3.30. The summed E-state index contributed by atoms with van der Waals surface area (Å²) in [6, 6.07) is 20.6. The van der Waals surface area contributed by atoms with Gasteiger partial charge < -0.3 is 4.74 Å². The normalized spacial score (nSPS) is 19.4. The van der Waals surface area contributed by atoms with E-state index in [1.807, 2.05) is 60.7 Å². The molecule has 1 saturated heterocycles. The maximum absolute atomic E-state index is 13.0. The average Bonchev–Trinajstić information content (AvgIpc) is 3.20. The Kier molecular flexibility index (Phi) is 6.62. The average molecular weight is 440 g/mol. The first-order valence-corrected chi connectivity index (χ1v) is 11.6. The Bertz CT molecular complexity index is 1080. The first-order chi connectivity index (χ1) is 15.0. The molecule has 2 heterocycles. The predicted molar refractivity (Wildman–Crippen MR) is 117 cm³/mol. The summed E-state index contributed by atoms with van der Waals surface area (Å²) < 4.78 is 34.5.